The zero-order chi connectivity index (χ0) is 24.1. The molecule has 8 atom stereocenters. The summed E-state index contributed by atoms with van der Waals surface area (Å²) in [6.07, 6.45) is 12.9. The van der Waals surface area contributed by atoms with Gasteiger partial charge in [-0.25, -0.2) is 0 Å². The Labute approximate surface area is 204 Å². The zero-order valence-electron chi connectivity index (χ0n) is 21.1. The number of carbonyl (C=O) groups excluding carboxylic acids is 1. The van der Waals surface area contributed by atoms with E-state index in [0.29, 0.717) is 29.2 Å². The summed E-state index contributed by atoms with van der Waals surface area (Å²) in [5.74, 6) is 2.80. The Kier molecular flexibility index (Phi) is 6.18. The molecule has 186 valence electrons. The van der Waals surface area contributed by atoms with Crippen LogP contribution in [0.25, 0.3) is 0 Å². The number of fused-ring (bicyclic) bond motifs is 5. The first-order valence-corrected chi connectivity index (χ1v) is 13.5. The number of aliphatic hydroxyl groups is 1. The molecule has 0 bridgehead atoms. The number of Topliss-reactive ketones (excluding diaryl/α,β-unsaturated/α-hetero) is 1. The number of rotatable bonds is 6. The van der Waals surface area contributed by atoms with Crippen molar-refractivity contribution in [2.75, 3.05) is 13.2 Å². The molecule has 6 nitrogen and oxygen atoms in total. The van der Waals surface area contributed by atoms with E-state index in [1.807, 2.05) is 6.92 Å². The molecule has 1 aromatic rings. The molecular formula is C28H41N3O3. The van der Waals surface area contributed by atoms with Gasteiger partial charge in [0.2, 0.25) is 0 Å². The van der Waals surface area contributed by atoms with Crippen LogP contribution in [-0.4, -0.2) is 39.5 Å². The molecule has 1 heterocycles. The van der Waals surface area contributed by atoms with Crippen LogP contribution < -0.4 is 0 Å². The number of nitrogens with zero attached hydrogens (tertiary/aromatic N) is 3. The molecule has 5 rings (SSSR count). The van der Waals surface area contributed by atoms with Gasteiger partial charge in [0.15, 0.2) is 5.78 Å². The van der Waals surface area contributed by atoms with E-state index in [9.17, 15) is 9.90 Å². The molecule has 4 aliphatic carbocycles. The summed E-state index contributed by atoms with van der Waals surface area (Å²) in [6, 6.07) is 2.10. The minimum Gasteiger partial charge on any atom is -0.390 e. The predicted octanol–water partition coefficient (Wildman–Crippen LogP) is 4.75. The third kappa shape index (κ3) is 3.84. The van der Waals surface area contributed by atoms with Crippen LogP contribution in [0.15, 0.2) is 12.4 Å². The summed E-state index contributed by atoms with van der Waals surface area (Å²) in [7, 11) is 0. The maximum Gasteiger partial charge on any atom is 0.157 e. The van der Waals surface area contributed by atoms with Crippen molar-refractivity contribution in [3.05, 3.63) is 18.0 Å². The van der Waals surface area contributed by atoms with Gasteiger partial charge in [-0.2, -0.15) is 10.4 Å². The van der Waals surface area contributed by atoms with E-state index in [2.05, 4.69) is 25.0 Å². The van der Waals surface area contributed by atoms with E-state index in [4.69, 9.17) is 10.00 Å². The molecule has 4 aliphatic rings. The van der Waals surface area contributed by atoms with Gasteiger partial charge in [-0.05, 0) is 106 Å². The van der Waals surface area contributed by atoms with Crippen molar-refractivity contribution in [1.82, 2.24) is 9.78 Å². The number of hydrogen-bond acceptors (Lipinski definition) is 5. The lowest BCUT2D eigenvalue weighted by atomic mass is 9.43. The van der Waals surface area contributed by atoms with Gasteiger partial charge in [0, 0.05) is 18.7 Å². The van der Waals surface area contributed by atoms with Crippen molar-refractivity contribution in [2.24, 2.45) is 40.4 Å². The predicted molar refractivity (Wildman–Crippen MR) is 129 cm³/mol. The third-order valence-electron chi connectivity index (χ3n) is 10.7. The molecule has 0 amide bonds. The molecule has 6 heteroatoms. The Hall–Kier alpha value is -1.71. The van der Waals surface area contributed by atoms with Crippen molar-refractivity contribution in [3.8, 4) is 6.07 Å². The van der Waals surface area contributed by atoms with Crippen molar-refractivity contribution in [1.29, 1.82) is 5.26 Å². The molecule has 1 aromatic heterocycles. The lowest BCUT2D eigenvalue weighted by molar-refractivity contribution is -0.178. The molecular weight excluding hydrogens is 426 g/mol. The quantitative estimate of drug-likeness (QED) is 0.652. The lowest BCUT2D eigenvalue weighted by Gasteiger charge is -2.62. The molecule has 34 heavy (non-hydrogen) atoms. The van der Waals surface area contributed by atoms with Gasteiger partial charge in [-0.1, -0.05) is 6.92 Å². The zero-order valence-corrected chi connectivity index (χ0v) is 21.1. The lowest BCUT2D eigenvalue weighted by Crippen LogP contribution is -2.58. The first kappa shape index (κ1) is 24.0. The van der Waals surface area contributed by atoms with Crippen LogP contribution in [0.5, 0.6) is 0 Å². The van der Waals surface area contributed by atoms with Crippen LogP contribution in [0.1, 0.15) is 84.1 Å². The van der Waals surface area contributed by atoms with Crippen LogP contribution >= 0.6 is 0 Å². The van der Waals surface area contributed by atoms with Crippen LogP contribution in [0.4, 0.5) is 0 Å². The van der Waals surface area contributed by atoms with Crippen LogP contribution in [-0.2, 0) is 16.1 Å². The molecule has 0 radical (unpaired) electrons. The van der Waals surface area contributed by atoms with Crippen LogP contribution in [0, 0.1) is 51.8 Å². The molecule has 0 spiro atoms. The summed E-state index contributed by atoms with van der Waals surface area (Å²) in [5.41, 5.74) is 0.210. The second-order valence-electron chi connectivity index (χ2n) is 12.4. The Bertz CT molecular complexity index is 964. The molecule has 4 saturated carbocycles. The highest BCUT2D eigenvalue weighted by Gasteiger charge is 2.63. The Morgan fingerprint density at radius 3 is 2.76 bits per heavy atom. The van der Waals surface area contributed by atoms with Gasteiger partial charge in [-0.3, -0.25) is 9.48 Å². The highest BCUT2D eigenvalue weighted by molar-refractivity contribution is 5.82. The number of hydrogen-bond donors (Lipinski definition) is 1. The molecule has 4 fully saturated rings. The minimum absolute atomic E-state index is 0.0588. The van der Waals surface area contributed by atoms with Gasteiger partial charge < -0.3 is 9.84 Å². The maximum absolute atomic E-state index is 13.4. The average molecular weight is 468 g/mol. The fourth-order valence-corrected chi connectivity index (χ4v) is 9.11. The maximum atomic E-state index is 13.4. The van der Waals surface area contributed by atoms with E-state index in [0.717, 1.165) is 51.7 Å². The Morgan fingerprint density at radius 1 is 1.21 bits per heavy atom. The van der Waals surface area contributed by atoms with Gasteiger partial charge >= 0.3 is 0 Å². The van der Waals surface area contributed by atoms with Gasteiger partial charge in [-0.15, -0.1) is 0 Å². The van der Waals surface area contributed by atoms with E-state index >= 15 is 0 Å². The second kappa shape index (κ2) is 8.75. The summed E-state index contributed by atoms with van der Waals surface area (Å²) >= 11 is 0. The van der Waals surface area contributed by atoms with Crippen molar-refractivity contribution in [3.63, 3.8) is 0 Å². The van der Waals surface area contributed by atoms with E-state index < -0.39 is 5.60 Å². The van der Waals surface area contributed by atoms with Crippen molar-refractivity contribution < 1.29 is 14.6 Å². The standard InChI is InChI=1S/C28H41N3O3/c1-4-34-18-28-12-11-26(2,33)13-20(28)5-6-21-22-7-8-24(27(22,3)10-9-23(21)28)25(32)17-31-16-19(14-29)15-30-31/h15-16,20-24,33H,4-13,17-18H2,1-3H3/t20-,21+,22+,23+,24-,26-,27+,28-/m1/s1. The highest BCUT2D eigenvalue weighted by atomic mass is 16.5. The normalized spacial score (nSPS) is 43.4. The van der Waals surface area contributed by atoms with E-state index in [1.165, 1.54) is 25.5 Å². The highest BCUT2D eigenvalue weighted by Crippen LogP contribution is 2.68. The van der Waals surface area contributed by atoms with E-state index in [-0.39, 0.29) is 29.1 Å². The topological polar surface area (TPSA) is 88.1 Å². The fourth-order valence-electron chi connectivity index (χ4n) is 9.11. The van der Waals surface area contributed by atoms with Crippen molar-refractivity contribution >= 4 is 5.78 Å². The molecule has 0 aliphatic heterocycles. The number of carbonyl (C=O) groups is 1. The number of ether oxygens (including phenoxy) is 1. The van der Waals surface area contributed by atoms with Crippen molar-refractivity contribution in [2.45, 2.75) is 90.7 Å². The second-order valence-corrected chi connectivity index (χ2v) is 12.4. The summed E-state index contributed by atoms with van der Waals surface area (Å²) in [6.45, 7) is 8.36. The van der Waals surface area contributed by atoms with Crippen LogP contribution in [0.2, 0.25) is 0 Å². The van der Waals surface area contributed by atoms with Gasteiger partial charge in [0.05, 0.1) is 30.5 Å². The number of nitriles is 1. The van der Waals surface area contributed by atoms with Gasteiger partial charge in [0.1, 0.15) is 6.07 Å². The summed E-state index contributed by atoms with van der Waals surface area (Å²) in [4.78, 5) is 13.4. The van der Waals surface area contributed by atoms with E-state index in [1.54, 1.807) is 10.9 Å². The summed E-state index contributed by atoms with van der Waals surface area (Å²) in [5, 5.41) is 24.2. The smallest absolute Gasteiger partial charge is 0.157 e. The number of ketones is 1. The largest absolute Gasteiger partial charge is 0.390 e. The molecule has 0 aromatic carbocycles. The average Bonchev–Trinajstić information content (AvgIpc) is 3.40. The third-order valence-corrected chi connectivity index (χ3v) is 10.7. The fraction of sp³-hybridized carbons (Fsp3) is 0.821. The SMILES string of the molecule is CCOC[C@]12CC[C@@](C)(O)C[C@H]1CC[C@H]1[C@@H]3CC[C@H](C(=O)Cn4cc(C#N)cn4)[C@@]3(C)CC[C@@H]12. The summed E-state index contributed by atoms with van der Waals surface area (Å²) < 4.78 is 7.79. The Morgan fingerprint density at radius 2 is 2.03 bits per heavy atom. The monoisotopic (exact) mass is 467 g/mol. The van der Waals surface area contributed by atoms with Crippen LogP contribution in [0.3, 0.4) is 0 Å². The number of aromatic nitrogens is 2. The molecule has 0 unspecified atom stereocenters. The van der Waals surface area contributed by atoms with Gasteiger partial charge in [0.25, 0.3) is 0 Å². The minimum atomic E-state index is -0.542. The molecule has 1 N–H and O–H groups in total. The molecule has 0 saturated heterocycles. The Balaban J connectivity index is 1.36. The first-order chi connectivity index (χ1) is 16.2. The first-order valence-electron chi connectivity index (χ1n) is 13.5.